The van der Waals surface area contributed by atoms with Crippen LogP contribution in [0.1, 0.15) is 32.6 Å². The van der Waals surface area contributed by atoms with Crippen molar-refractivity contribution in [1.29, 1.82) is 0 Å². The van der Waals surface area contributed by atoms with Gasteiger partial charge in [0.1, 0.15) is 12.7 Å². The lowest BCUT2D eigenvalue weighted by Crippen LogP contribution is -2.13. The number of rotatable bonds is 7. The smallest absolute Gasteiger partial charge is 0.332 e. The van der Waals surface area contributed by atoms with Crippen LogP contribution in [0.4, 0.5) is 0 Å². The minimum absolute atomic E-state index is 0.283. The van der Waals surface area contributed by atoms with E-state index in [9.17, 15) is 4.79 Å². The fourth-order valence-electron chi connectivity index (χ4n) is 0.577. The lowest BCUT2D eigenvalue weighted by molar-refractivity contribution is -0.145. The van der Waals surface area contributed by atoms with Gasteiger partial charge in [-0.1, -0.05) is 12.8 Å². The molecule has 0 amide bonds. The number of carboxylic acids is 2. The monoisotopic (exact) mass is 284 g/mol. The number of carboxylic acid groups (broad SMARTS) is 2. The van der Waals surface area contributed by atoms with Crippen LogP contribution in [-0.4, -0.2) is 68.5 Å². The maximum absolute atomic E-state index is 9.45. The fraction of sp³-hybridized carbons (Fsp3) is 0.818. The molecule has 0 aliphatic carbocycles. The molecule has 0 saturated heterocycles. The molecule has 0 bridgehead atoms. The summed E-state index contributed by atoms with van der Waals surface area (Å²) >= 11 is 0. The number of hydrogen-bond acceptors (Lipinski definition) is 6. The van der Waals surface area contributed by atoms with Gasteiger partial charge in [-0.25, -0.2) is 9.59 Å². The van der Waals surface area contributed by atoms with Crippen LogP contribution in [0.25, 0.3) is 0 Å². The summed E-state index contributed by atoms with van der Waals surface area (Å²) in [5.41, 5.74) is 0. The number of unbranched alkanes of at least 4 members (excludes halogenated alkanes) is 3. The van der Waals surface area contributed by atoms with E-state index in [2.05, 4.69) is 0 Å². The molecule has 0 heterocycles. The van der Waals surface area contributed by atoms with E-state index in [0.717, 1.165) is 25.7 Å². The topological polar surface area (TPSA) is 156 Å². The van der Waals surface area contributed by atoms with E-state index < -0.39 is 24.6 Å². The van der Waals surface area contributed by atoms with Crippen molar-refractivity contribution < 1.29 is 40.2 Å². The van der Waals surface area contributed by atoms with Crippen molar-refractivity contribution in [3.8, 4) is 0 Å². The van der Waals surface area contributed by atoms with E-state index in [1.165, 1.54) is 6.92 Å². The van der Waals surface area contributed by atoms with Crippen LogP contribution < -0.4 is 0 Å². The molecule has 0 saturated carbocycles. The normalized spacial score (nSPS) is 10.4. The summed E-state index contributed by atoms with van der Waals surface area (Å²) in [5, 5.41) is 47.4. The van der Waals surface area contributed by atoms with Gasteiger partial charge in [-0.3, -0.25) is 0 Å². The molecule has 8 heteroatoms. The van der Waals surface area contributed by atoms with E-state index in [4.69, 9.17) is 35.4 Å². The average molecular weight is 284 g/mol. The van der Waals surface area contributed by atoms with Gasteiger partial charge in [-0.05, 0) is 19.8 Å². The number of aliphatic hydroxyl groups is 4. The predicted octanol–water partition coefficient (Wildman–Crippen LogP) is -0.953. The highest BCUT2D eigenvalue weighted by Gasteiger charge is 2.01. The molecule has 0 aromatic heterocycles. The Balaban J connectivity index is -0.000000209. The van der Waals surface area contributed by atoms with Crippen molar-refractivity contribution in [3.63, 3.8) is 0 Å². The molecule has 0 spiro atoms. The quantitative estimate of drug-likeness (QED) is 0.327. The number of aliphatic hydroxyl groups excluding tert-OH is 4. The second-order valence-electron chi connectivity index (χ2n) is 3.43. The van der Waals surface area contributed by atoms with Crippen molar-refractivity contribution in [2.75, 3.05) is 19.8 Å². The third-order valence-corrected chi connectivity index (χ3v) is 1.56. The molecule has 1 atom stereocenters. The van der Waals surface area contributed by atoms with Crippen LogP contribution in [0.15, 0.2) is 0 Å². The second kappa shape index (κ2) is 19.1. The van der Waals surface area contributed by atoms with Gasteiger partial charge >= 0.3 is 11.9 Å². The number of hydrogen-bond donors (Lipinski definition) is 6. The Labute approximate surface area is 111 Å². The molecule has 8 nitrogen and oxygen atoms in total. The molecule has 0 aromatic rings. The minimum atomic E-state index is -1.23. The van der Waals surface area contributed by atoms with Crippen molar-refractivity contribution >= 4 is 11.9 Å². The van der Waals surface area contributed by atoms with Gasteiger partial charge in [0.05, 0.1) is 0 Å². The Morgan fingerprint density at radius 3 is 1.26 bits per heavy atom. The van der Waals surface area contributed by atoms with Crippen molar-refractivity contribution in [2.24, 2.45) is 0 Å². The maximum atomic E-state index is 9.45. The van der Waals surface area contributed by atoms with Crippen LogP contribution in [0.5, 0.6) is 0 Å². The summed E-state index contributed by atoms with van der Waals surface area (Å²) in [7, 11) is 0. The van der Waals surface area contributed by atoms with Gasteiger partial charge in [-0.2, -0.15) is 0 Å². The van der Waals surface area contributed by atoms with E-state index in [1.807, 2.05) is 0 Å². The lowest BCUT2D eigenvalue weighted by Gasteiger charge is -1.93. The third-order valence-electron chi connectivity index (χ3n) is 1.56. The second-order valence-corrected chi connectivity index (χ2v) is 3.43. The van der Waals surface area contributed by atoms with Crippen LogP contribution in [-0.2, 0) is 9.59 Å². The van der Waals surface area contributed by atoms with Crippen LogP contribution in [0.2, 0.25) is 0 Å². The third kappa shape index (κ3) is 38.3. The summed E-state index contributed by atoms with van der Waals surface area (Å²) in [6.45, 7) is 0.985. The molecule has 6 N–H and O–H groups in total. The Bertz CT molecular complexity index is 199. The van der Waals surface area contributed by atoms with Gasteiger partial charge < -0.3 is 30.6 Å². The first-order valence-electron chi connectivity index (χ1n) is 5.78. The highest BCUT2D eigenvalue weighted by molar-refractivity contribution is 5.71. The number of aliphatic carboxylic acids is 2. The molecule has 0 fully saturated rings. The van der Waals surface area contributed by atoms with Crippen LogP contribution in [0, 0.1) is 0 Å². The van der Waals surface area contributed by atoms with Crippen molar-refractivity contribution in [3.05, 3.63) is 0 Å². The number of carbonyl (C=O) groups is 2. The molecule has 0 aromatic carbocycles. The van der Waals surface area contributed by atoms with E-state index in [0.29, 0.717) is 0 Å². The van der Waals surface area contributed by atoms with Crippen LogP contribution in [0.3, 0.4) is 0 Å². The molecular weight excluding hydrogens is 260 g/mol. The van der Waals surface area contributed by atoms with E-state index in [1.54, 1.807) is 0 Å². The minimum Gasteiger partial charge on any atom is -0.480 e. The zero-order valence-corrected chi connectivity index (χ0v) is 11.0. The summed E-state index contributed by atoms with van der Waals surface area (Å²) in [4.78, 5) is 18.6. The highest BCUT2D eigenvalue weighted by atomic mass is 16.4. The first-order valence-corrected chi connectivity index (χ1v) is 5.78. The Kier molecular flexibility index (Phi) is 23.1. The van der Waals surface area contributed by atoms with Gasteiger partial charge in [-0.15, -0.1) is 0 Å². The largest absolute Gasteiger partial charge is 0.480 e. The summed E-state index contributed by atoms with van der Waals surface area (Å²) in [6, 6.07) is 0. The molecule has 0 aliphatic heterocycles. The lowest BCUT2D eigenvalue weighted by atomic mass is 10.2. The van der Waals surface area contributed by atoms with Gasteiger partial charge in [0.15, 0.2) is 0 Å². The Morgan fingerprint density at radius 1 is 0.895 bits per heavy atom. The molecule has 0 radical (unpaired) electrons. The molecule has 1 unspecified atom stereocenters. The molecule has 116 valence electrons. The van der Waals surface area contributed by atoms with E-state index >= 15 is 0 Å². The highest BCUT2D eigenvalue weighted by Crippen LogP contribution is 1.96. The van der Waals surface area contributed by atoms with Gasteiger partial charge in [0.2, 0.25) is 0 Å². The van der Waals surface area contributed by atoms with Gasteiger partial charge in [0.25, 0.3) is 0 Å². The molecule has 0 aliphatic rings. The predicted molar refractivity (Wildman–Crippen MR) is 66.7 cm³/mol. The fourth-order valence-corrected chi connectivity index (χ4v) is 0.577. The standard InChI is InChI=1S/C6H14O2.C3H6O3.C2H4O3/c7-5-3-1-2-4-6-8;1-2(4)3(5)6;3-1-2(4)5/h7-8H,1-6H2;2,4H,1H3,(H,5,6);3H,1H2,(H,4,5). The Morgan fingerprint density at radius 2 is 1.16 bits per heavy atom. The molecule has 0 rings (SSSR count). The zero-order chi connectivity index (χ0) is 15.7. The molecular formula is C11H24O8. The first-order chi connectivity index (χ1) is 8.83. The average Bonchev–Trinajstić information content (AvgIpc) is 2.36. The Hall–Kier alpha value is -1.22. The maximum Gasteiger partial charge on any atom is 0.332 e. The van der Waals surface area contributed by atoms with E-state index in [-0.39, 0.29) is 13.2 Å². The SMILES string of the molecule is CC(O)C(=O)O.O=C(O)CO.OCCCCCCO. The van der Waals surface area contributed by atoms with Crippen molar-refractivity contribution in [1.82, 2.24) is 0 Å². The van der Waals surface area contributed by atoms with Crippen LogP contribution >= 0.6 is 0 Å². The molecule has 19 heavy (non-hydrogen) atoms. The summed E-state index contributed by atoms with van der Waals surface area (Å²) in [5.74, 6) is -2.37. The summed E-state index contributed by atoms with van der Waals surface area (Å²) in [6.07, 6.45) is 2.60. The first kappa shape index (κ1) is 22.9. The summed E-state index contributed by atoms with van der Waals surface area (Å²) < 4.78 is 0. The van der Waals surface area contributed by atoms with Crippen molar-refractivity contribution in [2.45, 2.75) is 38.7 Å². The zero-order valence-electron chi connectivity index (χ0n) is 11.0. The van der Waals surface area contributed by atoms with Gasteiger partial charge in [0, 0.05) is 13.2 Å².